The van der Waals surface area contributed by atoms with Gasteiger partial charge in [-0.15, -0.1) is 0 Å². The first-order valence-electron chi connectivity index (χ1n) is 9.73. The Kier molecular flexibility index (Phi) is 5.53. The van der Waals surface area contributed by atoms with E-state index in [0.717, 1.165) is 28.1 Å². The van der Waals surface area contributed by atoms with E-state index >= 15 is 0 Å². The Morgan fingerprint density at radius 1 is 1.03 bits per heavy atom. The highest BCUT2D eigenvalue weighted by molar-refractivity contribution is 5.88. The summed E-state index contributed by atoms with van der Waals surface area (Å²) in [6.45, 7) is 4.60. The molecule has 0 spiro atoms. The minimum absolute atomic E-state index is 0.337. The van der Waals surface area contributed by atoms with Gasteiger partial charge in [-0.05, 0) is 47.9 Å². The van der Waals surface area contributed by atoms with E-state index in [1.54, 1.807) is 6.07 Å². The highest BCUT2D eigenvalue weighted by Crippen LogP contribution is 2.26. The zero-order valence-electron chi connectivity index (χ0n) is 16.8. The standard InChI is InChI=1S/C24H21N5O/c1-16(2)22-10-9-21-23(26-15-27-24(21)29-22)28-19-7-4-8-20(12-19)30-14-18-6-3-5-17(11-18)13-25/h3-12,15-16H,14H2,1-2H3,(H,26,27,28,29). The molecule has 4 aromatic rings. The Balaban J connectivity index is 1.52. The van der Waals surface area contributed by atoms with Crippen molar-refractivity contribution in [2.24, 2.45) is 0 Å². The molecule has 6 heteroatoms. The fourth-order valence-electron chi connectivity index (χ4n) is 3.08. The minimum atomic E-state index is 0.337. The molecule has 0 saturated carbocycles. The Morgan fingerprint density at radius 3 is 2.73 bits per heavy atom. The highest BCUT2D eigenvalue weighted by atomic mass is 16.5. The van der Waals surface area contributed by atoms with Crippen LogP contribution < -0.4 is 10.1 Å². The van der Waals surface area contributed by atoms with Crippen LogP contribution in [-0.2, 0) is 6.61 Å². The van der Waals surface area contributed by atoms with E-state index in [1.807, 2.05) is 54.6 Å². The number of nitrogens with one attached hydrogen (secondary N) is 1. The van der Waals surface area contributed by atoms with E-state index in [4.69, 9.17) is 10.00 Å². The van der Waals surface area contributed by atoms with Gasteiger partial charge in [0, 0.05) is 17.4 Å². The van der Waals surface area contributed by atoms with Gasteiger partial charge in [-0.1, -0.05) is 32.0 Å². The molecule has 2 heterocycles. The molecule has 30 heavy (non-hydrogen) atoms. The largest absolute Gasteiger partial charge is 0.489 e. The van der Waals surface area contributed by atoms with Crippen LogP contribution in [0, 0.1) is 11.3 Å². The highest BCUT2D eigenvalue weighted by Gasteiger charge is 2.09. The lowest BCUT2D eigenvalue weighted by Crippen LogP contribution is -2.00. The van der Waals surface area contributed by atoms with Crippen molar-refractivity contribution in [3.05, 3.63) is 83.8 Å². The molecule has 0 fully saturated rings. The van der Waals surface area contributed by atoms with Gasteiger partial charge in [-0.3, -0.25) is 0 Å². The molecule has 1 N–H and O–H groups in total. The average Bonchev–Trinajstić information content (AvgIpc) is 2.78. The zero-order valence-corrected chi connectivity index (χ0v) is 16.8. The lowest BCUT2D eigenvalue weighted by Gasteiger charge is -2.12. The molecule has 2 aromatic carbocycles. The second kappa shape index (κ2) is 8.58. The first-order chi connectivity index (χ1) is 14.6. The topological polar surface area (TPSA) is 83.7 Å². The van der Waals surface area contributed by atoms with Crippen LogP contribution in [0.5, 0.6) is 5.75 Å². The van der Waals surface area contributed by atoms with E-state index in [0.29, 0.717) is 29.6 Å². The fraction of sp³-hybridized carbons (Fsp3) is 0.167. The van der Waals surface area contributed by atoms with Crippen molar-refractivity contribution < 1.29 is 4.74 Å². The van der Waals surface area contributed by atoms with Crippen LogP contribution in [0.1, 0.15) is 36.6 Å². The molecule has 4 rings (SSSR count). The summed E-state index contributed by atoms with van der Waals surface area (Å²) in [5, 5.41) is 13.2. The molecular formula is C24H21N5O. The average molecular weight is 395 g/mol. The molecule has 0 aliphatic rings. The number of anilines is 2. The predicted molar refractivity (Wildman–Crippen MR) is 117 cm³/mol. The predicted octanol–water partition coefficient (Wildman–Crippen LogP) is 5.34. The summed E-state index contributed by atoms with van der Waals surface area (Å²) in [4.78, 5) is 13.3. The number of rotatable bonds is 6. The van der Waals surface area contributed by atoms with Gasteiger partial charge in [-0.2, -0.15) is 5.26 Å². The molecule has 0 atom stereocenters. The number of nitrogens with zero attached hydrogens (tertiary/aromatic N) is 4. The van der Waals surface area contributed by atoms with Crippen LogP contribution in [0.3, 0.4) is 0 Å². The molecule has 2 aromatic heterocycles. The molecule has 0 saturated heterocycles. The number of aromatic nitrogens is 3. The summed E-state index contributed by atoms with van der Waals surface area (Å²) in [5.41, 5.74) is 4.09. The number of benzene rings is 2. The Morgan fingerprint density at radius 2 is 1.90 bits per heavy atom. The summed E-state index contributed by atoms with van der Waals surface area (Å²) >= 11 is 0. The molecule has 148 valence electrons. The quantitative estimate of drug-likeness (QED) is 0.474. The SMILES string of the molecule is CC(C)c1ccc2c(Nc3cccc(OCc4cccc(C#N)c4)c3)ncnc2n1. The van der Waals surface area contributed by atoms with Gasteiger partial charge < -0.3 is 10.1 Å². The summed E-state index contributed by atoms with van der Waals surface area (Å²) < 4.78 is 5.90. The van der Waals surface area contributed by atoms with E-state index in [-0.39, 0.29) is 0 Å². The lowest BCUT2D eigenvalue weighted by molar-refractivity contribution is 0.306. The molecular weight excluding hydrogens is 374 g/mol. The van der Waals surface area contributed by atoms with Gasteiger partial charge in [-0.25, -0.2) is 15.0 Å². The number of hydrogen-bond acceptors (Lipinski definition) is 6. The number of nitriles is 1. The van der Waals surface area contributed by atoms with Gasteiger partial charge >= 0.3 is 0 Å². The summed E-state index contributed by atoms with van der Waals surface area (Å²) in [5.74, 6) is 1.76. The van der Waals surface area contributed by atoms with Crippen LogP contribution in [0.4, 0.5) is 11.5 Å². The van der Waals surface area contributed by atoms with Crippen LogP contribution >= 0.6 is 0 Å². The van der Waals surface area contributed by atoms with Crippen molar-refractivity contribution >= 4 is 22.5 Å². The smallest absolute Gasteiger partial charge is 0.164 e. The van der Waals surface area contributed by atoms with E-state index in [9.17, 15) is 0 Å². The molecule has 0 aliphatic heterocycles. The van der Waals surface area contributed by atoms with Gasteiger partial charge in [0.15, 0.2) is 5.65 Å². The lowest BCUT2D eigenvalue weighted by atomic mass is 10.1. The number of ether oxygens (including phenoxy) is 1. The van der Waals surface area contributed by atoms with E-state index in [2.05, 4.69) is 40.2 Å². The summed E-state index contributed by atoms with van der Waals surface area (Å²) in [7, 11) is 0. The normalized spacial score (nSPS) is 10.7. The van der Waals surface area contributed by atoms with Crippen LogP contribution in [0.15, 0.2) is 67.0 Å². The van der Waals surface area contributed by atoms with Gasteiger partial charge in [0.2, 0.25) is 0 Å². The zero-order chi connectivity index (χ0) is 20.9. The third-order valence-electron chi connectivity index (χ3n) is 4.67. The maximum Gasteiger partial charge on any atom is 0.164 e. The van der Waals surface area contributed by atoms with E-state index < -0.39 is 0 Å². The minimum Gasteiger partial charge on any atom is -0.489 e. The van der Waals surface area contributed by atoms with Gasteiger partial charge in [0.25, 0.3) is 0 Å². The third kappa shape index (κ3) is 4.36. The molecule has 0 amide bonds. The first-order valence-corrected chi connectivity index (χ1v) is 9.73. The summed E-state index contributed by atoms with van der Waals surface area (Å²) in [6, 6.07) is 21.2. The second-order valence-electron chi connectivity index (χ2n) is 7.24. The van der Waals surface area contributed by atoms with Crippen LogP contribution in [-0.4, -0.2) is 15.0 Å². The summed E-state index contributed by atoms with van der Waals surface area (Å²) in [6.07, 6.45) is 1.52. The maximum atomic E-state index is 9.03. The first kappa shape index (κ1) is 19.3. The second-order valence-corrected chi connectivity index (χ2v) is 7.24. The van der Waals surface area contributed by atoms with Gasteiger partial charge in [0.1, 0.15) is 24.5 Å². The van der Waals surface area contributed by atoms with Crippen LogP contribution in [0.25, 0.3) is 11.0 Å². The van der Waals surface area contributed by atoms with Crippen molar-refractivity contribution in [2.75, 3.05) is 5.32 Å². The van der Waals surface area contributed by atoms with Crippen molar-refractivity contribution in [2.45, 2.75) is 26.4 Å². The molecule has 6 nitrogen and oxygen atoms in total. The molecule has 0 aliphatic carbocycles. The van der Waals surface area contributed by atoms with Crippen molar-refractivity contribution in [3.63, 3.8) is 0 Å². The van der Waals surface area contributed by atoms with E-state index in [1.165, 1.54) is 6.33 Å². The van der Waals surface area contributed by atoms with Crippen molar-refractivity contribution in [3.8, 4) is 11.8 Å². The molecule has 0 unspecified atom stereocenters. The van der Waals surface area contributed by atoms with Crippen molar-refractivity contribution in [1.82, 2.24) is 15.0 Å². The molecule has 0 radical (unpaired) electrons. The Bertz CT molecular complexity index is 1230. The van der Waals surface area contributed by atoms with Crippen molar-refractivity contribution in [1.29, 1.82) is 5.26 Å². The fourth-order valence-corrected chi connectivity index (χ4v) is 3.08. The molecule has 0 bridgehead atoms. The van der Waals surface area contributed by atoms with Gasteiger partial charge in [0.05, 0.1) is 17.0 Å². The third-order valence-corrected chi connectivity index (χ3v) is 4.67. The number of fused-ring (bicyclic) bond motifs is 1. The Hall–Kier alpha value is -3.98. The number of hydrogen-bond donors (Lipinski definition) is 1. The Labute approximate surface area is 175 Å². The van der Waals surface area contributed by atoms with Crippen LogP contribution in [0.2, 0.25) is 0 Å². The maximum absolute atomic E-state index is 9.03. The number of pyridine rings is 1. The monoisotopic (exact) mass is 395 g/mol.